The van der Waals surface area contributed by atoms with Crippen molar-refractivity contribution in [3.8, 4) is 5.75 Å². The summed E-state index contributed by atoms with van der Waals surface area (Å²) in [6, 6.07) is 5.70. The van der Waals surface area contributed by atoms with Gasteiger partial charge in [0.15, 0.2) is 0 Å². The van der Waals surface area contributed by atoms with Crippen LogP contribution in [-0.2, 0) is 0 Å². The normalized spacial score (nSPS) is 17.1. The van der Waals surface area contributed by atoms with Crippen molar-refractivity contribution in [2.45, 2.75) is 19.9 Å². The summed E-state index contributed by atoms with van der Waals surface area (Å²) in [6.07, 6.45) is 0. The average Bonchev–Trinajstić information content (AvgIpc) is 2.54. The molecule has 0 unspecified atom stereocenters. The predicted molar refractivity (Wildman–Crippen MR) is 83.6 cm³/mol. The van der Waals surface area contributed by atoms with Crippen LogP contribution < -0.4 is 10.1 Å². The zero-order chi connectivity index (χ0) is 15.9. The largest absolute Gasteiger partial charge is 0.491 e. The van der Waals surface area contributed by atoms with E-state index in [4.69, 9.17) is 4.74 Å². The van der Waals surface area contributed by atoms with Gasteiger partial charge in [-0.25, -0.2) is 9.18 Å². The van der Waals surface area contributed by atoms with E-state index >= 15 is 0 Å². The minimum Gasteiger partial charge on any atom is -0.491 e. The Hall–Kier alpha value is -1.82. The minimum atomic E-state index is -0.292. The number of rotatable bonds is 5. The van der Waals surface area contributed by atoms with Gasteiger partial charge in [0.1, 0.15) is 18.2 Å². The van der Waals surface area contributed by atoms with Gasteiger partial charge < -0.3 is 19.9 Å². The Morgan fingerprint density at radius 3 is 2.50 bits per heavy atom. The van der Waals surface area contributed by atoms with Crippen LogP contribution in [0.5, 0.6) is 5.75 Å². The monoisotopic (exact) mass is 309 g/mol. The van der Waals surface area contributed by atoms with Crippen LogP contribution in [0.25, 0.3) is 0 Å². The number of carbonyl (C=O) groups excluding carboxylic acids is 1. The van der Waals surface area contributed by atoms with Gasteiger partial charge in [0, 0.05) is 26.2 Å². The number of nitrogens with one attached hydrogen (secondary N) is 1. The van der Waals surface area contributed by atoms with E-state index in [0.717, 1.165) is 32.7 Å². The van der Waals surface area contributed by atoms with Crippen LogP contribution in [-0.4, -0.2) is 61.2 Å². The number of nitrogens with zero attached hydrogens (tertiary/aromatic N) is 2. The van der Waals surface area contributed by atoms with E-state index in [1.165, 1.54) is 12.1 Å². The molecular formula is C16H24FN3O2. The number of ether oxygens (including phenoxy) is 1. The first kappa shape index (κ1) is 16.5. The maximum atomic E-state index is 12.8. The fraction of sp³-hybridized carbons (Fsp3) is 0.562. The number of likely N-dealkylation sites (N-methyl/N-ethyl adjacent to an activating group) is 1. The molecule has 0 bridgehead atoms. The molecule has 1 aromatic carbocycles. The minimum absolute atomic E-state index is 0.0500. The Labute approximate surface area is 131 Å². The molecule has 1 aliphatic heterocycles. The zero-order valence-electron chi connectivity index (χ0n) is 13.2. The summed E-state index contributed by atoms with van der Waals surface area (Å²) < 4.78 is 18.3. The molecule has 0 aromatic heterocycles. The Kier molecular flexibility index (Phi) is 6.00. The smallest absolute Gasteiger partial charge is 0.317 e. The molecule has 2 amide bonds. The van der Waals surface area contributed by atoms with Crippen LogP contribution >= 0.6 is 0 Å². The molecule has 1 atom stereocenters. The third kappa shape index (κ3) is 4.87. The molecule has 2 rings (SSSR count). The summed E-state index contributed by atoms with van der Waals surface area (Å²) in [4.78, 5) is 16.3. The third-order valence-corrected chi connectivity index (χ3v) is 3.79. The highest BCUT2D eigenvalue weighted by molar-refractivity contribution is 5.74. The van der Waals surface area contributed by atoms with Gasteiger partial charge in [-0.1, -0.05) is 6.92 Å². The van der Waals surface area contributed by atoms with Crippen molar-refractivity contribution in [2.75, 3.05) is 39.3 Å². The summed E-state index contributed by atoms with van der Waals surface area (Å²) >= 11 is 0. The second kappa shape index (κ2) is 7.98. The maximum absolute atomic E-state index is 12.8. The van der Waals surface area contributed by atoms with Crippen LogP contribution in [0.2, 0.25) is 0 Å². The van der Waals surface area contributed by atoms with E-state index < -0.39 is 0 Å². The molecule has 1 aliphatic rings. The zero-order valence-corrected chi connectivity index (χ0v) is 13.2. The lowest BCUT2D eigenvalue weighted by atomic mass is 10.3. The Morgan fingerprint density at radius 2 is 1.91 bits per heavy atom. The summed E-state index contributed by atoms with van der Waals surface area (Å²) in [7, 11) is 0. The highest BCUT2D eigenvalue weighted by Gasteiger charge is 2.21. The summed E-state index contributed by atoms with van der Waals surface area (Å²) in [6.45, 7) is 8.75. The molecule has 1 fully saturated rings. The number of hydrogen-bond donors (Lipinski definition) is 1. The number of amides is 2. The summed E-state index contributed by atoms with van der Waals surface area (Å²) in [5.74, 6) is 0.305. The first-order chi connectivity index (χ1) is 10.6. The molecule has 0 saturated carbocycles. The van der Waals surface area contributed by atoms with E-state index in [2.05, 4.69) is 17.1 Å². The lowest BCUT2D eigenvalue weighted by Crippen LogP contribution is -2.53. The first-order valence-corrected chi connectivity index (χ1v) is 7.74. The first-order valence-electron chi connectivity index (χ1n) is 7.74. The molecule has 0 spiro atoms. The van der Waals surface area contributed by atoms with Gasteiger partial charge >= 0.3 is 6.03 Å². The van der Waals surface area contributed by atoms with Crippen molar-refractivity contribution in [2.24, 2.45) is 0 Å². The quantitative estimate of drug-likeness (QED) is 0.904. The fourth-order valence-electron chi connectivity index (χ4n) is 2.36. The molecular weight excluding hydrogens is 285 g/mol. The van der Waals surface area contributed by atoms with E-state index in [1.54, 1.807) is 12.1 Å². The molecule has 5 nitrogen and oxygen atoms in total. The number of benzene rings is 1. The number of piperazine rings is 1. The van der Waals surface area contributed by atoms with Crippen LogP contribution in [0.3, 0.4) is 0 Å². The summed E-state index contributed by atoms with van der Waals surface area (Å²) in [5, 5.41) is 2.93. The maximum Gasteiger partial charge on any atom is 0.317 e. The SMILES string of the molecule is CCN1CCN(C(=O)N[C@@H](C)COc2ccc(F)cc2)CC1. The van der Waals surface area contributed by atoms with Crippen molar-refractivity contribution >= 4 is 6.03 Å². The van der Waals surface area contributed by atoms with Gasteiger partial charge in [0.2, 0.25) is 0 Å². The molecule has 1 aromatic rings. The van der Waals surface area contributed by atoms with Crippen molar-refractivity contribution in [3.05, 3.63) is 30.1 Å². The molecule has 122 valence electrons. The van der Waals surface area contributed by atoms with E-state index in [-0.39, 0.29) is 17.9 Å². The number of hydrogen-bond acceptors (Lipinski definition) is 3. The number of carbonyl (C=O) groups is 1. The van der Waals surface area contributed by atoms with Crippen molar-refractivity contribution < 1.29 is 13.9 Å². The molecule has 22 heavy (non-hydrogen) atoms. The number of halogens is 1. The molecule has 1 heterocycles. The highest BCUT2D eigenvalue weighted by atomic mass is 19.1. The van der Waals surface area contributed by atoms with Crippen molar-refractivity contribution in [3.63, 3.8) is 0 Å². The standard InChI is InChI=1S/C16H24FN3O2/c1-3-19-8-10-20(11-9-19)16(21)18-13(2)12-22-15-6-4-14(17)5-7-15/h4-7,13H,3,8-12H2,1-2H3,(H,18,21)/t13-/m0/s1. The van der Waals surface area contributed by atoms with Crippen LogP contribution in [0, 0.1) is 5.82 Å². The second-order valence-electron chi connectivity index (χ2n) is 5.54. The van der Waals surface area contributed by atoms with Crippen LogP contribution in [0.1, 0.15) is 13.8 Å². The Balaban J connectivity index is 1.71. The van der Waals surface area contributed by atoms with E-state index in [1.807, 2.05) is 11.8 Å². The Bertz CT molecular complexity index is 473. The lowest BCUT2D eigenvalue weighted by Gasteiger charge is -2.34. The van der Waals surface area contributed by atoms with Crippen LogP contribution in [0.4, 0.5) is 9.18 Å². The highest BCUT2D eigenvalue weighted by Crippen LogP contribution is 2.11. The van der Waals surface area contributed by atoms with Gasteiger partial charge in [0.05, 0.1) is 6.04 Å². The number of urea groups is 1. The average molecular weight is 309 g/mol. The third-order valence-electron chi connectivity index (χ3n) is 3.79. The van der Waals surface area contributed by atoms with Gasteiger partial charge in [-0.3, -0.25) is 0 Å². The predicted octanol–water partition coefficient (Wildman–Crippen LogP) is 1.94. The fourth-order valence-corrected chi connectivity index (χ4v) is 2.36. The topological polar surface area (TPSA) is 44.8 Å². The summed E-state index contributed by atoms with van der Waals surface area (Å²) in [5.41, 5.74) is 0. The van der Waals surface area contributed by atoms with Gasteiger partial charge in [-0.2, -0.15) is 0 Å². The van der Waals surface area contributed by atoms with Gasteiger partial charge in [-0.05, 0) is 37.7 Å². The molecule has 0 aliphatic carbocycles. The van der Waals surface area contributed by atoms with Crippen molar-refractivity contribution in [1.82, 2.24) is 15.1 Å². The molecule has 6 heteroatoms. The van der Waals surface area contributed by atoms with E-state index in [9.17, 15) is 9.18 Å². The second-order valence-corrected chi connectivity index (χ2v) is 5.54. The van der Waals surface area contributed by atoms with Crippen LogP contribution in [0.15, 0.2) is 24.3 Å². The van der Waals surface area contributed by atoms with Gasteiger partial charge in [0.25, 0.3) is 0 Å². The lowest BCUT2D eigenvalue weighted by molar-refractivity contribution is 0.138. The van der Waals surface area contributed by atoms with Crippen molar-refractivity contribution in [1.29, 1.82) is 0 Å². The van der Waals surface area contributed by atoms with Gasteiger partial charge in [-0.15, -0.1) is 0 Å². The molecule has 1 N–H and O–H groups in total. The van der Waals surface area contributed by atoms with E-state index in [0.29, 0.717) is 12.4 Å². The Morgan fingerprint density at radius 1 is 1.27 bits per heavy atom. The molecule has 0 radical (unpaired) electrons. The molecule has 1 saturated heterocycles.